The Balaban J connectivity index is 3.51. The van der Waals surface area contributed by atoms with Crippen LogP contribution < -0.4 is 10.6 Å². The summed E-state index contributed by atoms with van der Waals surface area (Å²) in [6, 6.07) is 0. The molecule has 0 bridgehead atoms. The largest absolute Gasteiger partial charge is 0.365 e. The Hall–Kier alpha value is -0.810. The maximum absolute atomic E-state index is 11.1. The summed E-state index contributed by atoms with van der Waals surface area (Å²) >= 11 is 9.25. The maximum atomic E-state index is 11.1. The number of hydrogen-bond acceptors (Lipinski definition) is 3. The first kappa shape index (κ1) is 12.3. The first-order chi connectivity index (χ1) is 6.86. The minimum atomic E-state index is -0.573. The Labute approximate surface area is 102 Å². The van der Waals surface area contributed by atoms with Crippen molar-refractivity contribution in [2.45, 2.75) is 6.92 Å². The number of pyridine rings is 1. The van der Waals surface area contributed by atoms with Gasteiger partial charge >= 0.3 is 0 Å². The van der Waals surface area contributed by atoms with Gasteiger partial charge in [-0.05, 0) is 28.4 Å². The molecule has 1 amide bonds. The number of anilines is 1. The summed E-state index contributed by atoms with van der Waals surface area (Å²) in [5.41, 5.74) is 6.17. The van der Waals surface area contributed by atoms with Gasteiger partial charge in [-0.2, -0.15) is 0 Å². The molecule has 1 rings (SSSR count). The summed E-state index contributed by atoms with van der Waals surface area (Å²) < 4.78 is 0.728. The zero-order chi connectivity index (χ0) is 11.7. The van der Waals surface area contributed by atoms with Gasteiger partial charge in [-0.1, -0.05) is 11.6 Å². The third-order valence-electron chi connectivity index (χ3n) is 1.98. The van der Waals surface area contributed by atoms with Gasteiger partial charge in [0.2, 0.25) is 0 Å². The number of amides is 1. The number of aromatic nitrogens is 1. The lowest BCUT2D eigenvalue weighted by Crippen LogP contribution is -2.18. The molecular weight excluding hydrogens is 281 g/mol. The van der Waals surface area contributed by atoms with E-state index in [0.717, 1.165) is 4.47 Å². The van der Waals surface area contributed by atoms with Gasteiger partial charge in [0.25, 0.3) is 5.91 Å². The monoisotopic (exact) mass is 291 g/mol. The van der Waals surface area contributed by atoms with Crippen LogP contribution in [0.3, 0.4) is 0 Å². The molecule has 0 spiro atoms. The van der Waals surface area contributed by atoms with Crippen LogP contribution in [0.1, 0.15) is 15.9 Å². The Morgan fingerprint density at radius 3 is 2.47 bits per heavy atom. The predicted molar refractivity (Wildman–Crippen MR) is 64.5 cm³/mol. The molecule has 1 heterocycles. The van der Waals surface area contributed by atoms with Crippen LogP contribution in [0.25, 0.3) is 0 Å². The second-order valence-electron chi connectivity index (χ2n) is 3.30. The fraction of sp³-hybridized carbons (Fsp3) is 0.333. The summed E-state index contributed by atoms with van der Waals surface area (Å²) in [5, 5.41) is 0.131. The van der Waals surface area contributed by atoms with Crippen LogP contribution in [0.15, 0.2) is 4.47 Å². The second-order valence-corrected chi connectivity index (χ2v) is 4.45. The van der Waals surface area contributed by atoms with Crippen molar-refractivity contribution < 1.29 is 4.79 Å². The normalized spacial score (nSPS) is 10.2. The van der Waals surface area contributed by atoms with Crippen molar-refractivity contribution in [2.24, 2.45) is 5.73 Å². The molecular formula is C9H11BrClN3O. The topological polar surface area (TPSA) is 59.2 Å². The van der Waals surface area contributed by atoms with Crippen LogP contribution in [0.2, 0.25) is 5.15 Å². The van der Waals surface area contributed by atoms with Crippen molar-refractivity contribution in [1.29, 1.82) is 0 Å². The highest BCUT2D eigenvalue weighted by Crippen LogP contribution is 2.32. The molecule has 0 unspecified atom stereocenters. The van der Waals surface area contributed by atoms with E-state index in [9.17, 15) is 4.79 Å². The number of rotatable bonds is 2. The lowest BCUT2D eigenvalue weighted by molar-refractivity contribution is 0.0999. The van der Waals surface area contributed by atoms with E-state index < -0.39 is 5.91 Å². The van der Waals surface area contributed by atoms with Gasteiger partial charge in [-0.3, -0.25) is 4.79 Å². The van der Waals surface area contributed by atoms with Crippen molar-refractivity contribution in [3.05, 3.63) is 20.8 Å². The van der Waals surface area contributed by atoms with Gasteiger partial charge in [0.15, 0.2) is 0 Å². The fourth-order valence-corrected chi connectivity index (χ4v) is 2.17. The second kappa shape index (κ2) is 4.37. The molecule has 0 aliphatic carbocycles. The van der Waals surface area contributed by atoms with Crippen molar-refractivity contribution in [2.75, 3.05) is 19.0 Å². The highest BCUT2D eigenvalue weighted by Gasteiger charge is 2.18. The third-order valence-corrected chi connectivity index (χ3v) is 3.20. The highest BCUT2D eigenvalue weighted by atomic mass is 79.9. The van der Waals surface area contributed by atoms with Crippen LogP contribution >= 0.6 is 27.5 Å². The first-order valence-electron chi connectivity index (χ1n) is 4.19. The number of halogens is 2. The number of nitrogens with two attached hydrogens (primary N) is 1. The van der Waals surface area contributed by atoms with Crippen LogP contribution in [0.5, 0.6) is 0 Å². The molecule has 0 saturated heterocycles. The molecule has 0 saturated carbocycles. The Morgan fingerprint density at radius 1 is 1.53 bits per heavy atom. The van der Waals surface area contributed by atoms with Crippen molar-refractivity contribution in [1.82, 2.24) is 4.98 Å². The number of carbonyl (C=O) groups excluding carboxylic acids is 1. The first-order valence-corrected chi connectivity index (χ1v) is 5.36. The van der Waals surface area contributed by atoms with Crippen LogP contribution in [0, 0.1) is 6.92 Å². The van der Waals surface area contributed by atoms with Crippen molar-refractivity contribution in [3.63, 3.8) is 0 Å². The molecule has 0 aromatic carbocycles. The minimum absolute atomic E-state index is 0.131. The Kier molecular flexibility index (Phi) is 3.57. The zero-order valence-electron chi connectivity index (χ0n) is 8.64. The Morgan fingerprint density at radius 2 is 2.07 bits per heavy atom. The lowest BCUT2D eigenvalue weighted by atomic mass is 10.1. The van der Waals surface area contributed by atoms with E-state index in [1.54, 1.807) is 11.8 Å². The SMILES string of the molecule is Cc1c(Br)c(N(C)C)nc(Cl)c1C(N)=O. The average Bonchev–Trinajstić information content (AvgIpc) is 2.10. The molecule has 1 aromatic rings. The molecule has 4 nitrogen and oxygen atoms in total. The van der Waals surface area contributed by atoms with Crippen LogP contribution in [0.4, 0.5) is 5.82 Å². The van der Waals surface area contributed by atoms with Crippen molar-refractivity contribution in [3.8, 4) is 0 Å². The molecule has 0 radical (unpaired) electrons. The van der Waals surface area contributed by atoms with E-state index in [0.29, 0.717) is 11.4 Å². The predicted octanol–water partition coefficient (Wildman–Crippen LogP) is 1.97. The summed E-state index contributed by atoms with van der Waals surface area (Å²) in [6.45, 7) is 1.77. The minimum Gasteiger partial charge on any atom is -0.365 e. The van der Waals surface area contributed by atoms with E-state index in [2.05, 4.69) is 20.9 Å². The van der Waals surface area contributed by atoms with E-state index in [1.807, 2.05) is 14.1 Å². The molecule has 0 aliphatic rings. The molecule has 6 heteroatoms. The van der Waals surface area contributed by atoms with Gasteiger partial charge in [0.05, 0.1) is 10.0 Å². The number of carbonyl (C=O) groups is 1. The average molecular weight is 293 g/mol. The summed E-state index contributed by atoms with van der Waals surface area (Å²) in [5.74, 6) is 0.0958. The van der Waals surface area contributed by atoms with E-state index >= 15 is 0 Å². The zero-order valence-corrected chi connectivity index (χ0v) is 11.0. The molecule has 82 valence electrons. The third kappa shape index (κ3) is 2.23. The fourth-order valence-electron chi connectivity index (χ4n) is 1.21. The molecule has 15 heavy (non-hydrogen) atoms. The highest BCUT2D eigenvalue weighted by molar-refractivity contribution is 9.10. The number of primary amides is 1. The molecule has 0 atom stereocenters. The van der Waals surface area contributed by atoms with Gasteiger partial charge in [0.1, 0.15) is 11.0 Å². The Bertz CT molecular complexity index is 420. The van der Waals surface area contributed by atoms with E-state index in [-0.39, 0.29) is 10.7 Å². The molecule has 2 N–H and O–H groups in total. The lowest BCUT2D eigenvalue weighted by Gasteiger charge is -2.17. The van der Waals surface area contributed by atoms with E-state index in [1.165, 1.54) is 0 Å². The summed E-state index contributed by atoms with van der Waals surface area (Å²) in [6.07, 6.45) is 0. The van der Waals surface area contributed by atoms with Gasteiger partial charge in [0, 0.05) is 14.1 Å². The standard InChI is InChI=1S/C9H11BrClN3O/c1-4-5(8(12)15)7(11)13-9(6(4)10)14(2)3/h1-3H3,(H2,12,15). The van der Waals surface area contributed by atoms with Gasteiger partial charge in [-0.15, -0.1) is 0 Å². The maximum Gasteiger partial charge on any atom is 0.252 e. The molecule has 0 fully saturated rings. The quantitative estimate of drug-likeness (QED) is 0.848. The van der Waals surface area contributed by atoms with Crippen LogP contribution in [-0.2, 0) is 0 Å². The van der Waals surface area contributed by atoms with E-state index in [4.69, 9.17) is 17.3 Å². The van der Waals surface area contributed by atoms with Gasteiger partial charge in [-0.25, -0.2) is 4.98 Å². The smallest absolute Gasteiger partial charge is 0.252 e. The van der Waals surface area contributed by atoms with Crippen LogP contribution in [-0.4, -0.2) is 25.0 Å². The molecule has 0 aliphatic heterocycles. The van der Waals surface area contributed by atoms with Gasteiger partial charge < -0.3 is 10.6 Å². The molecule has 1 aromatic heterocycles. The van der Waals surface area contributed by atoms with Crippen molar-refractivity contribution >= 4 is 39.3 Å². The summed E-state index contributed by atoms with van der Waals surface area (Å²) in [7, 11) is 3.68. The number of hydrogen-bond donors (Lipinski definition) is 1. The summed E-state index contributed by atoms with van der Waals surface area (Å²) in [4.78, 5) is 17.0. The number of nitrogens with zero attached hydrogens (tertiary/aromatic N) is 2.